The molecule has 0 bridgehead atoms. The topological polar surface area (TPSA) is 132 Å². The van der Waals surface area contributed by atoms with E-state index >= 15 is 0 Å². The van der Waals surface area contributed by atoms with Crippen LogP contribution in [0.25, 0.3) is 12.2 Å². The third-order valence-corrected chi connectivity index (χ3v) is 7.39. The van der Waals surface area contributed by atoms with Crippen LogP contribution < -0.4 is 74.7 Å². The second-order valence-electron chi connectivity index (χ2n) is 7.77. The first kappa shape index (κ1) is 29.4. The van der Waals surface area contributed by atoms with Crippen molar-refractivity contribution in [2.75, 3.05) is 0 Å². The molecule has 0 aliphatic carbocycles. The molecule has 1 atom stereocenters. The third kappa shape index (κ3) is 6.48. The normalized spacial score (nSPS) is 15.4. The maximum atomic E-state index is 12.4. The van der Waals surface area contributed by atoms with E-state index in [2.05, 4.69) is 5.32 Å². The number of rotatable bonds is 5. The molecule has 11 heteroatoms. The molecule has 7 nitrogen and oxygen atoms in total. The van der Waals surface area contributed by atoms with Crippen molar-refractivity contribution in [3.05, 3.63) is 94.0 Å². The minimum atomic E-state index is -4.03. The summed E-state index contributed by atoms with van der Waals surface area (Å²) in [5.74, 6) is 0. The zero-order valence-corrected chi connectivity index (χ0v) is 24.9. The van der Waals surface area contributed by atoms with Crippen molar-refractivity contribution < 1.29 is 76.0 Å². The summed E-state index contributed by atoms with van der Waals surface area (Å²) in [7, 11) is -7.98. The largest absolute Gasteiger partial charge is 1.00 e. The summed E-state index contributed by atoms with van der Waals surface area (Å²) < 4.78 is 48.6. The van der Waals surface area contributed by atoms with Crippen molar-refractivity contribution in [3.8, 4) is 0 Å². The monoisotopic (exact) mass is 515 g/mol. The van der Waals surface area contributed by atoms with Gasteiger partial charge in [-0.25, -0.2) is 27.1 Å². The number of sulfonamides is 2. The fourth-order valence-electron chi connectivity index (χ4n) is 3.92. The van der Waals surface area contributed by atoms with Gasteiger partial charge in [0.1, 0.15) is 0 Å². The Morgan fingerprint density at radius 2 is 1.38 bits per heavy atom. The smallest absolute Gasteiger partial charge is 0.302 e. The van der Waals surface area contributed by atoms with Gasteiger partial charge in [0.05, 0.1) is 15.8 Å². The van der Waals surface area contributed by atoms with Gasteiger partial charge in [-0.2, -0.15) is 0 Å². The quantitative estimate of drug-likeness (QED) is 0.242. The van der Waals surface area contributed by atoms with Crippen LogP contribution in [-0.2, 0) is 26.6 Å². The van der Waals surface area contributed by atoms with Crippen LogP contribution >= 0.6 is 0 Å². The first-order chi connectivity index (χ1) is 15.0. The number of primary sulfonamides is 2. The standard InChI is InChI=1S/C23H23N3O4S2.2Na/c1-15-6-7-16(21(12-15)31(24,27)28)8-9-17-10-11-18(13-22(17)32(25,29)30)23-20-5-3-2-4-19(20)14-26-23;;/h2-13,23,26H,14H2,1H3,(H2,24,27,28)(H2,25,29,30);;/q;2*+1/b9-8+;;. The molecule has 0 saturated heterocycles. The molecule has 166 valence electrons. The molecule has 4 rings (SSSR count). The molecule has 3 aromatic rings. The second-order valence-corrected chi connectivity index (χ2v) is 10.8. The van der Waals surface area contributed by atoms with Gasteiger partial charge in [0, 0.05) is 6.54 Å². The molecule has 1 unspecified atom stereocenters. The first-order valence-electron chi connectivity index (χ1n) is 9.83. The summed E-state index contributed by atoms with van der Waals surface area (Å²) in [6.07, 6.45) is 3.05. The van der Waals surface area contributed by atoms with Gasteiger partial charge in [0.15, 0.2) is 0 Å². The summed E-state index contributed by atoms with van der Waals surface area (Å²) in [6, 6.07) is 17.7. The summed E-state index contributed by atoms with van der Waals surface area (Å²) in [6.45, 7) is 2.45. The van der Waals surface area contributed by atoms with E-state index in [1.807, 2.05) is 30.3 Å². The van der Waals surface area contributed by atoms with Crippen LogP contribution in [0.1, 0.15) is 39.4 Å². The Morgan fingerprint density at radius 3 is 2.00 bits per heavy atom. The van der Waals surface area contributed by atoms with Crippen LogP contribution in [0.15, 0.2) is 70.5 Å². The minimum Gasteiger partial charge on any atom is -0.302 e. The van der Waals surface area contributed by atoms with Crippen LogP contribution in [0, 0.1) is 6.92 Å². The molecule has 0 aromatic heterocycles. The molecule has 1 aliphatic rings. The third-order valence-electron chi connectivity index (χ3n) is 5.46. The number of fused-ring (bicyclic) bond motifs is 1. The predicted molar refractivity (Wildman–Crippen MR) is 124 cm³/mol. The van der Waals surface area contributed by atoms with E-state index in [-0.39, 0.29) is 74.9 Å². The van der Waals surface area contributed by atoms with Gasteiger partial charge in [-0.15, -0.1) is 0 Å². The van der Waals surface area contributed by atoms with Gasteiger partial charge in [0.2, 0.25) is 20.0 Å². The molecule has 0 radical (unpaired) electrons. The molecule has 5 N–H and O–H groups in total. The molecule has 0 saturated carbocycles. The molecule has 3 aromatic carbocycles. The van der Waals surface area contributed by atoms with Crippen molar-refractivity contribution in [2.24, 2.45) is 10.3 Å². The molecule has 0 fully saturated rings. The molecule has 1 heterocycles. The van der Waals surface area contributed by atoms with Gasteiger partial charge in [0.25, 0.3) is 0 Å². The van der Waals surface area contributed by atoms with Gasteiger partial charge in [-0.1, -0.05) is 60.7 Å². The Bertz CT molecular complexity index is 1460. The Morgan fingerprint density at radius 1 is 0.824 bits per heavy atom. The maximum Gasteiger partial charge on any atom is 1.00 e. The van der Waals surface area contributed by atoms with E-state index in [0.29, 0.717) is 17.7 Å². The van der Waals surface area contributed by atoms with E-state index in [9.17, 15) is 16.8 Å². The van der Waals surface area contributed by atoms with Crippen molar-refractivity contribution in [1.82, 2.24) is 5.32 Å². The Labute approximate surface area is 244 Å². The molecule has 0 spiro atoms. The zero-order valence-electron chi connectivity index (χ0n) is 19.3. The van der Waals surface area contributed by atoms with Crippen molar-refractivity contribution in [3.63, 3.8) is 0 Å². The van der Waals surface area contributed by atoms with Gasteiger partial charge in [-0.05, 0) is 52.4 Å². The fraction of sp³-hybridized carbons (Fsp3) is 0.130. The number of hydrogen-bond donors (Lipinski definition) is 3. The maximum absolute atomic E-state index is 12.4. The van der Waals surface area contributed by atoms with Gasteiger partial charge < -0.3 is 5.32 Å². The van der Waals surface area contributed by atoms with Gasteiger partial charge in [-0.3, -0.25) is 0 Å². The average Bonchev–Trinajstić information content (AvgIpc) is 3.15. The summed E-state index contributed by atoms with van der Waals surface area (Å²) in [4.78, 5) is -0.0732. The van der Waals surface area contributed by atoms with Crippen molar-refractivity contribution in [1.29, 1.82) is 0 Å². The Hall–Kier alpha value is -0.820. The molecule has 1 aliphatic heterocycles. The van der Waals surface area contributed by atoms with Crippen molar-refractivity contribution in [2.45, 2.75) is 29.3 Å². The van der Waals surface area contributed by atoms with Crippen LogP contribution in [0.5, 0.6) is 0 Å². The van der Waals surface area contributed by atoms with E-state index in [0.717, 1.165) is 22.3 Å². The van der Waals surface area contributed by atoms with Crippen LogP contribution in [0.4, 0.5) is 0 Å². The first-order valence-corrected chi connectivity index (χ1v) is 12.9. The molecular formula is C23H23N3Na2O4S2+2. The summed E-state index contributed by atoms with van der Waals surface area (Å²) in [5.41, 5.74) is 4.47. The molecule has 34 heavy (non-hydrogen) atoms. The van der Waals surface area contributed by atoms with Crippen LogP contribution in [-0.4, -0.2) is 16.8 Å². The van der Waals surface area contributed by atoms with Crippen LogP contribution in [0.2, 0.25) is 0 Å². The zero-order chi connectivity index (χ0) is 23.1. The summed E-state index contributed by atoms with van der Waals surface area (Å²) >= 11 is 0. The number of aryl methyl sites for hydroxylation is 1. The van der Waals surface area contributed by atoms with Crippen LogP contribution in [0.3, 0.4) is 0 Å². The summed E-state index contributed by atoms with van der Waals surface area (Å²) in [5, 5.41) is 14.2. The molecule has 0 amide bonds. The van der Waals surface area contributed by atoms with E-state index < -0.39 is 20.0 Å². The number of nitrogens with two attached hydrogens (primary N) is 2. The Balaban J connectivity index is 0.00000204. The van der Waals surface area contributed by atoms with E-state index in [1.54, 1.807) is 31.2 Å². The van der Waals surface area contributed by atoms with Crippen molar-refractivity contribution >= 4 is 32.2 Å². The van der Waals surface area contributed by atoms with Gasteiger partial charge >= 0.3 is 59.1 Å². The number of nitrogens with one attached hydrogen (secondary N) is 1. The van der Waals surface area contributed by atoms with E-state index in [4.69, 9.17) is 10.3 Å². The number of benzene rings is 3. The minimum absolute atomic E-state index is 0. The number of hydrogen-bond acceptors (Lipinski definition) is 5. The second kappa shape index (κ2) is 11.5. The molecular weight excluding hydrogens is 492 g/mol. The average molecular weight is 516 g/mol. The SMILES string of the molecule is Cc1ccc(/C=C/c2ccc(C3NCc4ccccc43)cc2S(N)(=O)=O)c(S(N)(=O)=O)c1.[Na+].[Na+]. The predicted octanol–water partition coefficient (Wildman–Crippen LogP) is -3.34. The van der Waals surface area contributed by atoms with E-state index in [1.165, 1.54) is 18.2 Å². The fourth-order valence-corrected chi connectivity index (χ4v) is 5.50. The Kier molecular flexibility index (Phi) is 9.94.